The molecule has 0 saturated carbocycles. The smallest absolute Gasteiger partial charge is 0.345 e. The lowest BCUT2D eigenvalue weighted by atomic mass is 10.1. The quantitative estimate of drug-likeness (QED) is 0.191. The highest BCUT2D eigenvalue weighted by molar-refractivity contribution is 14.1. The lowest BCUT2D eigenvalue weighted by Crippen LogP contribution is -2.37. The predicted octanol–water partition coefficient (Wildman–Crippen LogP) is 7.03. The fraction of sp³-hybridized carbons (Fsp3) is 0.238. The summed E-state index contributed by atoms with van der Waals surface area (Å²) >= 11 is 16.9. The molecule has 1 heterocycles. The highest BCUT2D eigenvalue weighted by Gasteiger charge is 2.49. The fourth-order valence-electron chi connectivity index (χ4n) is 2.42. The van der Waals surface area contributed by atoms with Crippen molar-refractivity contribution in [2.45, 2.75) is 33.2 Å². The monoisotopic (exact) mass is 846 g/mol. The number of aryl methyl sites for hydroxylation is 1. The van der Waals surface area contributed by atoms with E-state index >= 15 is 0 Å². The minimum atomic E-state index is -0.940. The molecule has 34 heavy (non-hydrogen) atoms. The number of benzene rings is 2. The molecule has 3 rings (SSSR count). The molecule has 0 bridgehead atoms. The van der Waals surface area contributed by atoms with E-state index in [4.69, 9.17) is 33.4 Å². The van der Waals surface area contributed by atoms with Crippen molar-refractivity contribution in [1.29, 1.82) is 0 Å². The third-order valence-electron chi connectivity index (χ3n) is 4.50. The van der Waals surface area contributed by atoms with Gasteiger partial charge in [0.15, 0.2) is 0 Å². The summed E-state index contributed by atoms with van der Waals surface area (Å²) in [7, 11) is 0. The topological polar surface area (TPSA) is 115 Å². The average Bonchev–Trinajstić information content (AvgIpc) is 2.88. The third-order valence-corrected chi connectivity index (χ3v) is 8.54. The van der Waals surface area contributed by atoms with Gasteiger partial charge in [0.1, 0.15) is 5.54 Å². The Morgan fingerprint density at radius 3 is 1.76 bits per heavy atom. The molecule has 0 unspecified atom stereocenters. The molecule has 1 fully saturated rings. The second-order valence-electron chi connectivity index (χ2n) is 7.34. The van der Waals surface area contributed by atoms with Gasteiger partial charge in [0, 0.05) is 13.6 Å². The SMILES string of the molecule is CC1(C)C(=O)N(I)C(=O)N1I.Cc1c(I)cc(Cl)cc1C(=O)O.Cc1ccc(Cl)cc1C(=O)O. The fourth-order valence-corrected chi connectivity index (χ4v) is 5.26. The van der Waals surface area contributed by atoms with Gasteiger partial charge in [-0.15, -0.1) is 0 Å². The largest absolute Gasteiger partial charge is 0.478 e. The van der Waals surface area contributed by atoms with Gasteiger partial charge in [-0.25, -0.2) is 14.4 Å². The number of carboxylic acids is 2. The zero-order valence-corrected chi connectivity index (χ0v) is 26.2. The number of carbonyl (C=O) groups excluding carboxylic acids is 2. The molecule has 0 spiro atoms. The highest BCUT2D eigenvalue weighted by atomic mass is 127. The first kappa shape index (κ1) is 31.1. The molecule has 1 saturated heterocycles. The molecule has 2 aromatic carbocycles. The minimum absolute atomic E-state index is 0.169. The van der Waals surface area contributed by atoms with Crippen LogP contribution in [0.5, 0.6) is 0 Å². The van der Waals surface area contributed by atoms with Gasteiger partial charge in [0.25, 0.3) is 5.91 Å². The number of nitrogens with zero attached hydrogens (tertiary/aromatic N) is 2. The number of amides is 3. The lowest BCUT2D eigenvalue weighted by molar-refractivity contribution is -0.126. The van der Waals surface area contributed by atoms with Crippen molar-refractivity contribution >= 4 is 115 Å². The Hall–Kier alpha value is -0.910. The predicted molar refractivity (Wildman–Crippen MR) is 155 cm³/mol. The van der Waals surface area contributed by atoms with Crippen molar-refractivity contribution in [1.82, 2.24) is 6.23 Å². The van der Waals surface area contributed by atoms with E-state index in [0.717, 1.165) is 17.8 Å². The van der Waals surface area contributed by atoms with E-state index in [2.05, 4.69) is 22.6 Å². The van der Waals surface area contributed by atoms with Crippen LogP contribution in [0.25, 0.3) is 0 Å². The number of aromatic carboxylic acids is 2. The van der Waals surface area contributed by atoms with Crippen LogP contribution in [0.4, 0.5) is 4.79 Å². The van der Waals surface area contributed by atoms with Gasteiger partial charge in [-0.2, -0.15) is 3.11 Å². The molecule has 1 aliphatic heterocycles. The third kappa shape index (κ3) is 7.80. The molecule has 13 heteroatoms. The van der Waals surface area contributed by atoms with Crippen LogP contribution in [-0.4, -0.2) is 45.9 Å². The van der Waals surface area contributed by atoms with E-state index in [9.17, 15) is 19.2 Å². The Balaban J connectivity index is 0.000000255. The number of carboxylic acid groups (broad SMARTS) is 2. The number of halogens is 5. The summed E-state index contributed by atoms with van der Waals surface area (Å²) in [4.78, 5) is 43.6. The number of imide groups is 1. The average molecular weight is 847 g/mol. The van der Waals surface area contributed by atoms with Crippen molar-refractivity contribution in [2.24, 2.45) is 0 Å². The molecule has 0 radical (unpaired) electrons. The van der Waals surface area contributed by atoms with Crippen molar-refractivity contribution < 1.29 is 29.4 Å². The van der Waals surface area contributed by atoms with Gasteiger partial charge in [-0.1, -0.05) is 29.3 Å². The van der Waals surface area contributed by atoms with Crippen LogP contribution < -0.4 is 0 Å². The van der Waals surface area contributed by atoms with Gasteiger partial charge in [0.05, 0.1) is 56.9 Å². The maximum absolute atomic E-state index is 11.3. The molecule has 2 N–H and O–H groups in total. The summed E-state index contributed by atoms with van der Waals surface area (Å²) in [5.41, 5.74) is 1.32. The van der Waals surface area contributed by atoms with E-state index in [-0.39, 0.29) is 23.1 Å². The van der Waals surface area contributed by atoms with Crippen molar-refractivity contribution in [2.75, 3.05) is 0 Å². The first-order chi connectivity index (χ1) is 15.5. The molecule has 8 nitrogen and oxygen atoms in total. The van der Waals surface area contributed by atoms with E-state index in [1.807, 2.05) is 22.9 Å². The number of urea groups is 1. The lowest BCUT2D eigenvalue weighted by Gasteiger charge is -2.19. The molecule has 2 aromatic rings. The summed E-state index contributed by atoms with van der Waals surface area (Å²) in [5, 5.41) is 18.3. The van der Waals surface area contributed by atoms with Gasteiger partial charge in [0.2, 0.25) is 0 Å². The van der Waals surface area contributed by atoms with E-state index in [1.54, 1.807) is 68.8 Å². The number of rotatable bonds is 2. The normalized spacial score (nSPS) is 14.1. The van der Waals surface area contributed by atoms with Crippen LogP contribution in [-0.2, 0) is 4.79 Å². The number of carbonyl (C=O) groups is 4. The van der Waals surface area contributed by atoms with Crippen LogP contribution in [0.2, 0.25) is 10.0 Å². The number of hydrogen-bond donors (Lipinski definition) is 2. The number of hydrogen-bond acceptors (Lipinski definition) is 4. The van der Waals surface area contributed by atoms with E-state index in [0.29, 0.717) is 10.0 Å². The molecule has 184 valence electrons. The molecular formula is C21H19Cl2I3N2O6. The maximum Gasteiger partial charge on any atom is 0.345 e. The van der Waals surface area contributed by atoms with Gasteiger partial charge >= 0.3 is 18.0 Å². The van der Waals surface area contributed by atoms with Crippen molar-refractivity contribution in [3.63, 3.8) is 0 Å². The molecule has 1 aliphatic rings. The summed E-state index contributed by atoms with van der Waals surface area (Å²) in [5.74, 6) is -2.05. The van der Waals surface area contributed by atoms with Gasteiger partial charge in [-0.05, 0) is 85.7 Å². The van der Waals surface area contributed by atoms with Crippen LogP contribution >= 0.6 is 91.5 Å². The first-order valence-electron chi connectivity index (χ1n) is 9.21. The highest BCUT2D eigenvalue weighted by Crippen LogP contribution is 2.32. The summed E-state index contributed by atoms with van der Waals surface area (Å²) in [6, 6.07) is 7.74. The van der Waals surface area contributed by atoms with Crippen LogP contribution in [0.3, 0.4) is 0 Å². The van der Waals surface area contributed by atoms with E-state index in [1.165, 1.54) is 15.2 Å². The Bertz CT molecular complexity index is 1140. The maximum atomic E-state index is 11.3. The zero-order valence-electron chi connectivity index (χ0n) is 18.2. The van der Waals surface area contributed by atoms with Crippen LogP contribution in [0.15, 0.2) is 30.3 Å². The second kappa shape index (κ2) is 12.9. The Morgan fingerprint density at radius 1 is 0.912 bits per heavy atom. The Morgan fingerprint density at radius 2 is 1.41 bits per heavy atom. The second-order valence-corrected chi connectivity index (χ2v) is 11.3. The molecule has 0 aromatic heterocycles. The van der Waals surface area contributed by atoms with Crippen LogP contribution in [0, 0.1) is 17.4 Å². The van der Waals surface area contributed by atoms with E-state index < -0.39 is 17.5 Å². The Kier molecular flexibility index (Phi) is 11.8. The summed E-state index contributed by atoms with van der Waals surface area (Å²) in [6.45, 7) is 6.94. The minimum Gasteiger partial charge on any atom is -0.478 e. The Labute approximate surface area is 248 Å². The van der Waals surface area contributed by atoms with Crippen LogP contribution in [0.1, 0.15) is 45.7 Å². The summed E-state index contributed by atoms with van der Waals surface area (Å²) in [6.07, 6.45) is 0. The molecular weight excluding hydrogens is 828 g/mol. The van der Waals surface area contributed by atoms with Gasteiger partial charge in [-0.3, -0.25) is 7.91 Å². The molecule has 0 aliphatic carbocycles. The van der Waals surface area contributed by atoms with Crippen molar-refractivity contribution in [3.8, 4) is 0 Å². The van der Waals surface area contributed by atoms with Gasteiger partial charge < -0.3 is 10.2 Å². The molecule has 3 amide bonds. The zero-order chi connectivity index (χ0) is 26.5. The van der Waals surface area contributed by atoms with Crippen molar-refractivity contribution in [3.05, 3.63) is 66.2 Å². The standard InChI is InChI=1S/C8H6ClIO2.C8H7ClO2.C5H6I2N2O2/c1-4-6(8(11)12)2-5(9)3-7(4)10;1-5-2-3-6(9)4-7(5)8(10)11;1-5(2)3(10)8(6)4(11)9(5)7/h2-3H,1H3,(H,11,12);2-4H,1H3,(H,10,11);1-2H3. The molecule has 0 atom stereocenters. The first-order valence-corrected chi connectivity index (χ1v) is 13.0. The summed E-state index contributed by atoms with van der Waals surface area (Å²) < 4.78 is 3.38.